The quantitative estimate of drug-likeness (QED) is 0.687. The topological polar surface area (TPSA) is 12.0 Å². The van der Waals surface area contributed by atoms with Gasteiger partial charge in [-0.25, -0.2) is 0 Å². The lowest BCUT2D eigenvalue weighted by molar-refractivity contribution is 0.440. The van der Waals surface area contributed by atoms with Crippen LogP contribution in [-0.4, -0.2) is 6.54 Å². The third-order valence-corrected chi connectivity index (χ3v) is 4.25. The fourth-order valence-electron chi connectivity index (χ4n) is 1.93. The highest BCUT2D eigenvalue weighted by atomic mass is 79.9. The van der Waals surface area contributed by atoms with E-state index in [9.17, 15) is 0 Å². The molecule has 0 saturated heterocycles. The van der Waals surface area contributed by atoms with Crippen molar-refractivity contribution in [3.05, 3.63) is 33.3 Å². The van der Waals surface area contributed by atoms with E-state index in [4.69, 9.17) is 11.6 Å². The monoisotopic (exact) mass is 331 g/mol. The van der Waals surface area contributed by atoms with Crippen LogP contribution in [0.15, 0.2) is 22.7 Å². The van der Waals surface area contributed by atoms with Crippen LogP contribution in [0.5, 0.6) is 0 Å². The highest BCUT2D eigenvalue weighted by Gasteiger charge is 2.12. The van der Waals surface area contributed by atoms with Crippen LogP contribution in [0.3, 0.4) is 0 Å². The van der Waals surface area contributed by atoms with Crippen molar-refractivity contribution in [1.29, 1.82) is 0 Å². The first kappa shape index (κ1) is 16.0. The van der Waals surface area contributed by atoms with E-state index >= 15 is 0 Å². The molecule has 102 valence electrons. The highest BCUT2D eigenvalue weighted by molar-refractivity contribution is 9.10. The molecule has 1 atom stereocenters. The Hall–Kier alpha value is -0.0500. The number of benzene rings is 1. The summed E-state index contributed by atoms with van der Waals surface area (Å²) in [6.07, 6.45) is 3.55. The van der Waals surface area contributed by atoms with Gasteiger partial charge in [0.05, 0.1) is 5.02 Å². The zero-order valence-electron chi connectivity index (χ0n) is 11.5. The molecule has 0 saturated carbocycles. The summed E-state index contributed by atoms with van der Waals surface area (Å²) in [6, 6.07) is 6.68. The number of hydrogen-bond donors (Lipinski definition) is 1. The van der Waals surface area contributed by atoms with Gasteiger partial charge in [-0.05, 0) is 65.4 Å². The molecular weight excluding hydrogens is 310 g/mol. The molecule has 1 nitrogen and oxygen atoms in total. The maximum absolute atomic E-state index is 6.18. The zero-order chi connectivity index (χ0) is 13.5. The van der Waals surface area contributed by atoms with Gasteiger partial charge in [-0.1, -0.05) is 38.4 Å². The molecule has 3 heteroatoms. The standard InChI is InChI=1S/C15H23BrClN/c1-4-9-18-15(8-5-11(2)3)12-6-7-13(16)14(17)10-12/h6-7,10-11,15,18H,4-5,8-9H2,1-3H3. The summed E-state index contributed by atoms with van der Waals surface area (Å²) in [5.41, 5.74) is 1.29. The largest absolute Gasteiger partial charge is 0.310 e. The van der Waals surface area contributed by atoms with Gasteiger partial charge in [0.1, 0.15) is 0 Å². The lowest BCUT2D eigenvalue weighted by Crippen LogP contribution is -2.22. The molecule has 0 bridgehead atoms. The van der Waals surface area contributed by atoms with E-state index in [0.29, 0.717) is 6.04 Å². The molecule has 0 aliphatic carbocycles. The fourth-order valence-corrected chi connectivity index (χ4v) is 2.37. The van der Waals surface area contributed by atoms with Crippen LogP contribution < -0.4 is 5.32 Å². The lowest BCUT2D eigenvalue weighted by Gasteiger charge is -2.20. The van der Waals surface area contributed by atoms with Gasteiger partial charge in [0, 0.05) is 10.5 Å². The van der Waals surface area contributed by atoms with Crippen molar-refractivity contribution in [2.45, 2.75) is 46.1 Å². The van der Waals surface area contributed by atoms with Crippen molar-refractivity contribution >= 4 is 27.5 Å². The van der Waals surface area contributed by atoms with E-state index in [0.717, 1.165) is 34.8 Å². The smallest absolute Gasteiger partial charge is 0.0551 e. The molecule has 0 aliphatic heterocycles. The summed E-state index contributed by atoms with van der Waals surface area (Å²) >= 11 is 9.62. The Balaban J connectivity index is 2.76. The molecule has 1 aromatic rings. The highest BCUT2D eigenvalue weighted by Crippen LogP contribution is 2.28. The molecule has 0 aliphatic rings. The summed E-state index contributed by atoms with van der Waals surface area (Å²) < 4.78 is 0.964. The van der Waals surface area contributed by atoms with Gasteiger partial charge >= 0.3 is 0 Å². The third kappa shape index (κ3) is 5.29. The van der Waals surface area contributed by atoms with Gasteiger partial charge in [0.25, 0.3) is 0 Å². The van der Waals surface area contributed by atoms with Gasteiger partial charge in [0.2, 0.25) is 0 Å². The van der Waals surface area contributed by atoms with Crippen LogP contribution in [0.4, 0.5) is 0 Å². The van der Waals surface area contributed by atoms with Crippen LogP contribution in [0.25, 0.3) is 0 Å². The van der Waals surface area contributed by atoms with Gasteiger partial charge in [0.15, 0.2) is 0 Å². The molecule has 0 amide bonds. The van der Waals surface area contributed by atoms with Gasteiger partial charge in [-0.2, -0.15) is 0 Å². The van der Waals surface area contributed by atoms with E-state index in [1.54, 1.807) is 0 Å². The fraction of sp³-hybridized carbons (Fsp3) is 0.600. The van der Waals surface area contributed by atoms with Crippen LogP contribution in [0, 0.1) is 5.92 Å². The first-order chi connectivity index (χ1) is 8.54. The Bertz CT molecular complexity index is 366. The minimum Gasteiger partial charge on any atom is -0.310 e. The van der Waals surface area contributed by atoms with Crippen molar-refractivity contribution < 1.29 is 0 Å². The molecule has 0 aromatic heterocycles. The Morgan fingerprint density at radius 1 is 1.28 bits per heavy atom. The number of halogens is 2. The third-order valence-electron chi connectivity index (χ3n) is 3.02. The second-order valence-corrected chi connectivity index (χ2v) is 6.41. The lowest BCUT2D eigenvalue weighted by atomic mass is 9.97. The average molecular weight is 333 g/mol. The molecule has 1 rings (SSSR count). The predicted octanol–water partition coefficient (Wildman–Crippen LogP) is 5.58. The summed E-state index contributed by atoms with van der Waals surface area (Å²) in [4.78, 5) is 0. The van der Waals surface area contributed by atoms with Crippen LogP contribution >= 0.6 is 27.5 Å². The van der Waals surface area contributed by atoms with Gasteiger partial charge < -0.3 is 5.32 Å². The van der Waals surface area contributed by atoms with E-state index in [1.807, 2.05) is 6.07 Å². The minimum absolute atomic E-state index is 0.415. The molecule has 1 unspecified atom stereocenters. The molecule has 1 aromatic carbocycles. The van der Waals surface area contributed by atoms with Gasteiger partial charge in [-0.15, -0.1) is 0 Å². The molecular formula is C15H23BrClN. The summed E-state index contributed by atoms with van der Waals surface area (Å²) in [7, 11) is 0. The molecule has 0 fully saturated rings. The van der Waals surface area contributed by atoms with Crippen LogP contribution in [0.1, 0.15) is 51.6 Å². The van der Waals surface area contributed by atoms with Crippen molar-refractivity contribution in [3.63, 3.8) is 0 Å². The Labute approximate surface area is 124 Å². The first-order valence-electron chi connectivity index (χ1n) is 6.73. The van der Waals surface area contributed by atoms with Crippen molar-refractivity contribution in [2.75, 3.05) is 6.54 Å². The maximum Gasteiger partial charge on any atom is 0.0551 e. The van der Waals surface area contributed by atoms with E-state index < -0.39 is 0 Å². The summed E-state index contributed by atoms with van der Waals surface area (Å²) in [6.45, 7) is 7.79. The normalized spacial score (nSPS) is 13.0. The van der Waals surface area contributed by atoms with Crippen LogP contribution in [0.2, 0.25) is 5.02 Å². The van der Waals surface area contributed by atoms with E-state index in [1.165, 1.54) is 12.0 Å². The maximum atomic E-state index is 6.18. The first-order valence-corrected chi connectivity index (χ1v) is 7.90. The number of hydrogen-bond acceptors (Lipinski definition) is 1. The van der Waals surface area contributed by atoms with Crippen molar-refractivity contribution in [2.24, 2.45) is 5.92 Å². The second-order valence-electron chi connectivity index (χ2n) is 5.15. The Morgan fingerprint density at radius 2 is 2.00 bits per heavy atom. The molecule has 0 spiro atoms. The molecule has 1 N–H and O–H groups in total. The second kappa shape index (κ2) is 8.19. The van der Waals surface area contributed by atoms with Crippen molar-refractivity contribution in [3.8, 4) is 0 Å². The average Bonchev–Trinajstić information content (AvgIpc) is 2.33. The molecule has 18 heavy (non-hydrogen) atoms. The van der Waals surface area contributed by atoms with E-state index in [-0.39, 0.29) is 0 Å². The zero-order valence-corrected chi connectivity index (χ0v) is 13.8. The predicted molar refractivity (Wildman–Crippen MR) is 84.3 cm³/mol. The molecule has 0 radical (unpaired) electrons. The van der Waals surface area contributed by atoms with Gasteiger partial charge in [-0.3, -0.25) is 0 Å². The van der Waals surface area contributed by atoms with Crippen molar-refractivity contribution in [1.82, 2.24) is 5.32 Å². The summed E-state index contributed by atoms with van der Waals surface area (Å²) in [5.74, 6) is 0.738. The number of rotatable bonds is 7. The Kier molecular flexibility index (Phi) is 7.28. The summed E-state index contributed by atoms with van der Waals surface area (Å²) in [5, 5.41) is 4.41. The van der Waals surface area contributed by atoms with Crippen LogP contribution in [-0.2, 0) is 0 Å². The Morgan fingerprint density at radius 3 is 2.56 bits per heavy atom. The van der Waals surface area contributed by atoms with E-state index in [2.05, 4.69) is 54.2 Å². The molecule has 0 heterocycles. The SMILES string of the molecule is CCCNC(CCC(C)C)c1ccc(Br)c(Cl)c1. The number of nitrogens with one attached hydrogen (secondary N) is 1. The minimum atomic E-state index is 0.415.